The van der Waals surface area contributed by atoms with Gasteiger partial charge in [-0.15, -0.1) is 0 Å². The Morgan fingerprint density at radius 3 is 2.08 bits per heavy atom. The van der Waals surface area contributed by atoms with Gasteiger partial charge < -0.3 is 10.2 Å². The Morgan fingerprint density at radius 2 is 1.61 bits per heavy atom. The summed E-state index contributed by atoms with van der Waals surface area (Å²) < 4.78 is 26.4. The van der Waals surface area contributed by atoms with E-state index in [4.69, 9.17) is 34.8 Å². The van der Waals surface area contributed by atoms with Crippen molar-refractivity contribution in [3.8, 4) is 0 Å². The monoisotopic (exact) mass is 575 g/mol. The number of sulfonamides is 1. The number of amides is 2. The summed E-state index contributed by atoms with van der Waals surface area (Å²) in [7, 11) is -3.87. The number of hydrogen-bond donors (Lipinski definition) is 1. The van der Waals surface area contributed by atoms with E-state index in [2.05, 4.69) is 5.32 Å². The average Bonchev–Trinajstić information content (AvgIpc) is 2.73. The Kier molecular flexibility index (Phi) is 10.1. The third-order valence-electron chi connectivity index (χ3n) is 5.40. The minimum absolute atomic E-state index is 0.0837. The second-order valence-electron chi connectivity index (χ2n) is 9.59. The Hall–Kier alpha value is -2.00. The van der Waals surface area contributed by atoms with Gasteiger partial charge in [-0.2, -0.15) is 0 Å². The molecule has 1 N–H and O–H groups in total. The van der Waals surface area contributed by atoms with Gasteiger partial charge in [-0.3, -0.25) is 13.9 Å². The van der Waals surface area contributed by atoms with E-state index in [0.29, 0.717) is 20.6 Å². The van der Waals surface area contributed by atoms with Crippen LogP contribution in [0.4, 0.5) is 5.69 Å². The molecule has 198 valence electrons. The number of hydrogen-bond acceptors (Lipinski definition) is 4. The first kappa shape index (κ1) is 30.2. The van der Waals surface area contributed by atoms with Crippen molar-refractivity contribution < 1.29 is 18.0 Å². The van der Waals surface area contributed by atoms with Gasteiger partial charge in [-0.05, 0) is 63.9 Å². The van der Waals surface area contributed by atoms with Crippen LogP contribution in [0.25, 0.3) is 0 Å². The number of aryl methyl sites for hydroxylation is 1. The van der Waals surface area contributed by atoms with E-state index in [1.54, 1.807) is 44.2 Å². The number of nitrogens with zero attached hydrogens (tertiary/aromatic N) is 2. The fraction of sp³-hybridized carbons (Fsp3) is 0.440. The number of carbonyl (C=O) groups excluding carboxylic acids is 2. The predicted molar refractivity (Wildman–Crippen MR) is 147 cm³/mol. The van der Waals surface area contributed by atoms with E-state index in [9.17, 15) is 18.0 Å². The first-order chi connectivity index (χ1) is 16.5. The topological polar surface area (TPSA) is 86.8 Å². The third kappa shape index (κ3) is 8.00. The molecule has 7 nitrogen and oxygen atoms in total. The first-order valence-corrected chi connectivity index (χ1v) is 14.3. The largest absolute Gasteiger partial charge is 0.350 e. The van der Waals surface area contributed by atoms with Gasteiger partial charge in [0.2, 0.25) is 21.8 Å². The molecule has 1 atom stereocenters. The molecule has 2 aromatic rings. The van der Waals surface area contributed by atoms with E-state index in [1.807, 2.05) is 20.8 Å². The maximum Gasteiger partial charge on any atom is 0.244 e. The van der Waals surface area contributed by atoms with Gasteiger partial charge in [0.05, 0.1) is 11.9 Å². The second kappa shape index (κ2) is 12.0. The molecular weight excluding hydrogens is 545 g/mol. The third-order valence-corrected chi connectivity index (χ3v) is 7.65. The summed E-state index contributed by atoms with van der Waals surface area (Å²) in [6.07, 6.45) is 1.29. The van der Waals surface area contributed by atoms with E-state index in [0.717, 1.165) is 16.1 Å². The summed E-state index contributed by atoms with van der Waals surface area (Å²) in [5.41, 5.74) is 0.920. The van der Waals surface area contributed by atoms with Gasteiger partial charge in [0, 0.05) is 32.7 Å². The van der Waals surface area contributed by atoms with Crippen molar-refractivity contribution in [1.29, 1.82) is 0 Å². The van der Waals surface area contributed by atoms with Crippen molar-refractivity contribution in [2.75, 3.05) is 17.1 Å². The molecule has 2 amide bonds. The van der Waals surface area contributed by atoms with Gasteiger partial charge in [-0.1, -0.05) is 53.9 Å². The molecule has 0 heterocycles. The normalized spacial score (nSPS) is 12.7. The fourth-order valence-corrected chi connectivity index (χ4v) is 5.11. The molecule has 0 bridgehead atoms. The summed E-state index contributed by atoms with van der Waals surface area (Å²) in [4.78, 5) is 28.3. The Balaban J connectivity index is 2.54. The van der Waals surface area contributed by atoms with E-state index in [-0.39, 0.29) is 24.6 Å². The minimum Gasteiger partial charge on any atom is -0.350 e. The van der Waals surface area contributed by atoms with Gasteiger partial charge >= 0.3 is 0 Å². The number of halogens is 3. The van der Waals surface area contributed by atoms with Crippen molar-refractivity contribution in [2.45, 2.75) is 59.2 Å². The highest BCUT2D eigenvalue weighted by Gasteiger charge is 2.33. The van der Waals surface area contributed by atoms with Crippen molar-refractivity contribution in [1.82, 2.24) is 10.2 Å². The molecule has 1 unspecified atom stereocenters. The number of anilines is 1. The van der Waals surface area contributed by atoms with Crippen LogP contribution in [0.15, 0.2) is 36.4 Å². The smallest absolute Gasteiger partial charge is 0.244 e. The molecule has 2 rings (SSSR count). The van der Waals surface area contributed by atoms with Gasteiger partial charge in [-0.25, -0.2) is 8.42 Å². The zero-order chi connectivity index (χ0) is 27.4. The van der Waals surface area contributed by atoms with Gasteiger partial charge in [0.25, 0.3) is 0 Å². The quantitative estimate of drug-likeness (QED) is 0.430. The van der Waals surface area contributed by atoms with Crippen LogP contribution in [0.3, 0.4) is 0 Å². The number of benzene rings is 2. The molecule has 0 radical (unpaired) electrons. The van der Waals surface area contributed by atoms with Crippen molar-refractivity contribution in [3.63, 3.8) is 0 Å². The van der Waals surface area contributed by atoms with E-state index >= 15 is 0 Å². The maximum absolute atomic E-state index is 13.7. The van der Waals surface area contributed by atoms with Crippen molar-refractivity contribution >= 4 is 62.3 Å². The summed E-state index contributed by atoms with van der Waals surface area (Å²) >= 11 is 19.0. The summed E-state index contributed by atoms with van der Waals surface area (Å²) in [6, 6.07) is 8.80. The Labute approximate surface area is 228 Å². The van der Waals surface area contributed by atoms with Crippen LogP contribution < -0.4 is 9.62 Å². The summed E-state index contributed by atoms with van der Waals surface area (Å²) in [5, 5.41) is 3.93. The van der Waals surface area contributed by atoms with Crippen LogP contribution in [0.5, 0.6) is 0 Å². The van der Waals surface area contributed by atoms with Crippen LogP contribution >= 0.6 is 34.8 Å². The average molecular weight is 577 g/mol. The van der Waals surface area contributed by atoms with Crippen molar-refractivity contribution in [3.05, 3.63) is 62.6 Å². The molecule has 0 saturated heterocycles. The number of rotatable bonds is 9. The molecule has 0 aliphatic heterocycles. The summed E-state index contributed by atoms with van der Waals surface area (Å²) in [5.74, 6) is -0.963. The molecule has 0 spiro atoms. The Bertz CT molecular complexity index is 1210. The van der Waals surface area contributed by atoms with Crippen molar-refractivity contribution in [2.24, 2.45) is 0 Å². The molecule has 36 heavy (non-hydrogen) atoms. The maximum atomic E-state index is 13.7. The lowest BCUT2D eigenvalue weighted by Crippen LogP contribution is -2.55. The summed E-state index contributed by atoms with van der Waals surface area (Å²) in [6.45, 7) is 8.44. The molecular formula is C25H32Cl3N3O4S. The fourth-order valence-electron chi connectivity index (χ4n) is 3.58. The van der Waals surface area contributed by atoms with Crippen LogP contribution in [0.2, 0.25) is 15.1 Å². The zero-order valence-corrected chi connectivity index (χ0v) is 24.3. The second-order valence-corrected chi connectivity index (χ2v) is 12.7. The van der Waals surface area contributed by atoms with Crippen LogP contribution in [-0.2, 0) is 26.2 Å². The lowest BCUT2D eigenvalue weighted by molar-refractivity contribution is -0.141. The van der Waals surface area contributed by atoms with E-state index in [1.165, 1.54) is 11.0 Å². The standard InChI is InChI=1S/C25H32Cl3N3O4S/c1-7-22(24(33)29-25(3,4)5)30(14-18-19(26)9-8-10-20(18)27)23(32)15-31(36(6,34)35)17-12-11-16(2)21(28)13-17/h8-13,22H,7,14-15H2,1-6H3,(H,29,33). The Morgan fingerprint density at radius 1 is 1.03 bits per heavy atom. The highest BCUT2D eigenvalue weighted by molar-refractivity contribution is 7.92. The van der Waals surface area contributed by atoms with Gasteiger partial charge in [0.1, 0.15) is 12.6 Å². The van der Waals surface area contributed by atoms with Crippen LogP contribution in [-0.4, -0.2) is 49.5 Å². The molecule has 0 aliphatic rings. The first-order valence-electron chi connectivity index (χ1n) is 11.3. The predicted octanol–water partition coefficient (Wildman–Crippen LogP) is 5.44. The molecule has 0 aliphatic carbocycles. The molecule has 0 saturated carbocycles. The number of nitrogens with one attached hydrogen (secondary N) is 1. The highest BCUT2D eigenvalue weighted by Crippen LogP contribution is 2.29. The lowest BCUT2D eigenvalue weighted by atomic mass is 10.1. The molecule has 2 aromatic carbocycles. The number of carbonyl (C=O) groups is 2. The SMILES string of the molecule is CCC(C(=O)NC(C)(C)C)N(Cc1c(Cl)cccc1Cl)C(=O)CN(c1ccc(C)c(Cl)c1)S(C)(=O)=O. The van der Waals surface area contributed by atoms with Gasteiger partial charge in [0.15, 0.2) is 0 Å². The zero-order valence-electron chi connectivity index (χ0n) is 21.2. The molecule has 0 aromatic heterocycles. The van der Waals surface area contributed by atoms with Crippen LogP contribution in [0, 0.1) is 6.92 Å². The van der Waals surface area contributed by atoms with Crippen LogP contribution in [0.1, 0.15) is 45.2 Å². The lowest BCUT2D eigenvalue weighted by Gasteiger charge is -2.35. The highest BCUT2D eigenvalue weighted by atomic mass is 35.5. The minimum atomic E-state index is -3.87. The van der Waals surface area contributed by atoms with E-state index < -0.39 is 34.1 Å². The molecule has 0 fully saturated rings. The molecule has 11 heteroatoms.